The first-order valence-electron chi connectivity index (χ1n) is 7.03. The molecule has 0 radical (unpaired) electrons. The Morgan fingerprint density at radius 3 is 1.59 bits per heavy atom. The summed E-state index contributed by atoms with van der Waals surface area (Å²) < 4.78 is 0. The highest BCUT2D eigenvalue weighted by Gasteiger charge is 2.23. The summed E-state index contributed by atoms with van der Waals surface area (Å²) in [6.07, 6.45) is 4.13. The number of carbonyl (C=O) groups is 1. The van der Waals surface area contributed by atoms with E-state index in [2.05, 4.69) is 13.8 Å². The minimum atomic E-state index is 0.0708. The van der Waals surface area contributed by atoms with Crippen molar-refractivity contribution in [3.8, 4) is 0 Å². The first kappa shape index (κ1) is 16.2. The van der Waals surface area contributed by atoms with Crippen LogP contribution in [0, 0.1) is 11.8 Å². The molecule has 0 bridgehead atoms. The van der Waals surface area contributed by atoms with Crippen molar-refractivity contribution in [2.45, 2.75) is 66.7 Å². The Hall–Kier alpha value is -0.790. The van der Waals surface area contributed by atoms with E-state index in [1.165, 1.54) is 0 Å². The smallest absolute Gasteiger partial charge is 0.165 e. The first-order valence-corrected chi connectivity index (χ1v) is 7.03. The first-order chi connectivity index (χ1) is 8.06. The Bertz CT molecular complexity index is 258. The van der Waals surface area contributed by atoms with Gasteiger partial charge in [-0.3, -0.25) is 4.79 Å². The summed E-state index contributed by atoms with van der Waals surface area (Å²) in [5.74, 6) is 0.709. The maximum Gasteiger partial charge on any atom is 0.165 e. The van der Waals surface area contributed by atoms with E-state index in [4.69, 9.17) is 0 Å². The molecule has 0 aromatic carbocycles. The van der Waals surface area contributed by atoms with Crippen LogP contribution in [0.1, 0.15) is 66.7 Å². The molecular formula is C15H28O2. The second-order valence-corrected chi connectivity index (χ2v) is 4.61. The molecule has 0 aromatic rings. The molecule has 0 heterocycles. The molecule has 0 aliphatic heterocycles. The summed E-state index contributed by atoms with van der Waals surface area (Å²) in [6.45, 7) is 10.1. The predicted molar refractivity (Wildman–Crippen MR) is 73.1 cm³/mol. The van der Waals surface area contributed by atoms with E-state index < -0.39 is 0 Å². The lowest BCUT2D eigenvalue weighted by Crippen LogP contribution is -2.19. The molecule has 100 valence electrons. The maximum atomic E-state index is 12.3. The Morgan fingerprint density at radius 1 is 0.882 bits per heavy atom. The zero-order chi connectivity index (χ0) is 13.4. The fourth-order valence-corrected chi connectivity index (χ4v) is 2.31. The summed E-state index contributed by atoms with van der Waals surface area (Å²) in [6, 6.07) is 0. The summed E-state index contributed by atoms with van der Waals surface area (Å²) >= 11 is 0. The molecule has 0 unspecified atom stereocenters. The Morgan fingerprint density at radius 2 is 1.29 bits per heavy atom. The van der Waals surface area contributed by atoms with Crippen molar-refractivity contribution in [3.05, 3.63) is 11.3 Å². The van der Waals surface area contributed by atoms with Gasteiger partial charge in [-0.05, 0) is 32.1 Å². The van der Waals surface area contributed by atoms with Crippen LogP contribution in [-0.4, -0.2) is 10.9 Å². The van der Waals surface area contributed by atoms with Crippen molar-refractivity contribution in [1.82, 2.24) is 0 Å². The van der Waals surface area contributed by atoms with E-state index in [0.717, 1.165) is 25.7 Å². The summed E-state index contributed by atoms with van der Waals surface area (Å²) in [5, 5.41) is 10.2. The zero-order valence-electron chi connectivity index (χ0n) is 12.0. The lowest BCUT2D eigenvalue weighted by molar-refractivity contribution is -0.119. The molecule has 0 rings (SSSR count). The highest BCUT2D eigenvalue weighted by Crippen LogP contribution is 2.25. The zero-order valence-corrected chi connectivity index (χ0v) is 12.0. The van der Waals surface area contributed by atoms with Gasteiger partial charge < -0.3 is 5.11 Å². The van der Waals surface area contributed by atoms with Crippen LogP contribution in [-0.2, 0) is 4.79 Å². The molecule has 0 saturated carbocycles. The van der Waals surface area contributed by atoms with E-state index in [9.17, 15) is 9.90 Å². The minimum absolute atomic E-state index is 0.0708. The molecule has 0 saturated heterocycles. The molecule has 0 aliphatic carbocycles. The van der Waals surface area contributed by atoms with E-state index in [1.807, 2.05) is 20.8 Å². The predicted octanol–water partition coefficient (Wildman–Crippen LogP) is 4.65. The van der Waals surface area contributed by atoms with Crippen LogP contribution < -0.4 is 0 Å². The van der Waals surface area contributed by atoms with Crippen molar-refractivity contribution < 1.29 is 9.90 Å². The standard InChI is InChI=1S/C15H28O2/c1-6-11(7-2)14(16)13(10-5)15(17)12(8-3)9-4/h11-12,16H,6-10H2,1-5H3/b14-13-. The largest absolute Gasteiger partial charge is 0.512 e. The van der Waals surface area contributed by atoms with Gasteiger partial charge in [0.25, 0.3) is 0 Å². The van der Waals surface area contributed by atoms with Crippen LogP contribution in [0.15, 0.2) is 11.3 Å². The molecule has 0 atom stereocenters. The van der Waals surface area contributed by atoms with E-state index in [1.54, 1.807) is 0 Å². The van der Waals surface area contributed by atoms with Gasteiger partial charge in [0.05, 0.1) is 0 Å². The fraction of sp³-hybridized carbons (Fsp3) is 0.800. The molecule has 0 aliphatic rings. The van der Waals surface area contributed by atoms with E-state index in [-0.39, 0.29) is 17.6 Å². The molecule has 2 nitrogen and oxygen atoms in total. The van der Waals surface area contributed by atoms with Gasteiger partial charge in [-0.15, -0.1) is 0 Å². The molecule has 0 amide bonds. The lowest BCUT2D eigenvalue weighted by Gasteiger charge is -2.19. The van der Waals surface area contributed by atoms with Gasteiger partial charge in [0.2, 0.25) is 0 Å². The third-order valence-corrected chi connectivity index (χ3v) is 3.69. The van der Waals surface area contributed by atoms with E-state index >= 15 is 0 Å². The maximum absolute atomic E-state index is 12.3. The molecule has 17 heavy (non-hydrogen) atoms. The molecule has 0 aromatic heterocycles. The van der Waals surface area contributed by atoms with Gasteiger partial charge >= 0.3 is 0 Å². The van der Waals surface area contributed by atoms with Crippen LogP contribution >= 0.6 is 0 Å². The number of ketones is 1. The van der Waals surface area contributed by atoms with E-state index in [0.29, 0.717) is 17.8 Å². The number of aliphatic hydroxyl groups excluding tert-OH is 1. The highest BCUT2D eigenvalue weighted by molar-refractivity contribution is 5.97. The average Bonchev–Trinajstić information content (AvgIpc) is 2.33. The topological polar surface area (TPSA) is 37.3 Å². The number of rotatable bonds is 8. The normalized spacial score (nSPS) is 13.1. The van der Waals surface area contributed by atoms with Gasteiger partial charge in [0, 0.05) is 17.4 Å². The van der Waals surface area contributed by atoms with Crippen molar-refractivity contribution >= 4 is 5.78 Å². The highest BCUT2D eigenvalue weighted by atomic mass is 16.3. The quantitative estimate of drug-likeness (QED) is 0.495. The number of allylic oxidation sites excluding steroid dienone is 2. The fourth-order valence-electron chi connectivity index (χ4n) is 2.31. The number of hydrogen-bond donors (Lipinski definition) is 1. The second-order valence-electron chi connectivity index (χ2n) is 4.61. The van der Waals surface area contributed by atoms with Crippen molar-refractivity contribution in [3.63, 3.8) is 0 Å². The van der Waals surface area contributed by atoms with Crippen LogP contribution in [0.2, 0.25) is 0 Å². The van der Waals surface area contributed by atoms with Gasteiger partial charge in [-0.25, -0.2) is 0 Å². The van der Waals surface area contributed by atoms with Crippen molar-refractivity contribution in [2.24, 2.45) is 11.8 Å². The molecule has 1 N–H and O–H groups in total. The van der Waals surface area contributed by atoms with Crippen LogP contribution in [0.25, 0.3) is 0 Å². The summed E-state index contributed by atoms with van der Waals surface area (Å²) in [5.41, 5.74) is 0.660. The van der Waals surface area contributed by atoms with Gasteiger partial charge in [-0.1, -0.05) is 34.6 Å². The number of carbonyl (C=O) groups excluding carboxylic acids is 1. The molecule has 0 fully saturated rings. The van der Waals surface area contributed by atoms with Crippen LogP contribution in [0.3, 0.4) is 0 Å². The summed E-state index contributed by atoms with van der Waals surface area (Å²) in [7, 11) is 0. The molecule has 2 heteroatoms. The number of hydrogen-bond acceptors (Lipinski definition) is 2. The second kappa shape index (κ2) is 8.32. The van der Waals surface area contributed by atoms with Crippen LogP contribution in [0.4, 0.5) is 0 Å². The van der Waals surface area contributed by atoms with Crippen LogP contribution in [0.5, 0.6) is 0 Å². The third-order valence-electron chi connectivity index (χ3n) is 3.69. The van der Waals surface area contributed by atoms with Crippen molar-refractivity contribution in [2.75, 3.05) is 0 Å². The SMILES string of the molecule is CC/C(C(=O)C(CC)CC)=C(/O)C(CC)CC. The number of aliphatic hydroxyl groups is 1. The monoisotopic (exact) mass is 240 g/mol. The lowest BCUT2D eigenvalue weighted by atomic mass is 9.87. The van der Waals surface area contributed by atoms with Gasteiger partial charge in [-0.2, -0.15) is 0 Å². The average molecular weight is 240 g/mol. The minimum Gasteiger partial charge on any atom is -0.512 e. The molecule has 0 spiro atoms. The van der Waals surface area contributed by atoms with Crippen molar-refractivity contribution in [1.29, 1.82) is 0 Å². The van der Waals surface area contributed by atoms with Gasteiger partial charge in [0.1, 0.15) is 5.76 Å². The molecular weight excluding hydrogens is 212 g/mol. The Kier molecular flexibility index (Phi) is 7.94. The third kappa shape index (κ3) is 4.18. The number of Topliss-reactive ketones (excluding diaryl/α,β-unsaturated/α-hetero) is 1. The Balaban J connectivity index is 5.15. The summed E-state index contributed by atoms with van der Waals surface area (Å²) in [4.78, 5) is 12.3. The van der Waals surface area contributed by atoms with Gasteiger partial charge in [0.15, 0.2) is 5.78 Å². The Labute approximate surface area is 106 Å².